The summed E-state index contributed by atoms with van der Waals surface area (Å²) in [6.45, 7) is 5.89. The molecule has 4 rings (SSSR count). The number of rotatable bonds is 7. The summed E-state index contributed by atoms with van der Waals surface area (Å²) >= 11 is 1.36. The zero-order chi connectivity index (χ0) is 25.2. The van der Waals surface area contributed by atoms with Crippen LogP contribution in [0.25, 0.3) is 10.2 Å². The van der Waals surface area contributed by atoms with Crippen LogP contribution in [0.4, 0.5) is 0 Å². The van der Waals surface area contributed by atoms with Crippen molar-refractivity contribution in [2.24, 2.45) is 10.9 Å². The lowest BCUT2D eigenvalue weighted by atomic mass is 10.0. The molecule has 1 amide bonds. The lowest BCUT2D eigenvalue weighted by Gasteiger charge is -2.29. The van der Waals surface area contributed by atoms with Crippen LogP contribution in [0, 0.1) is 5.92 Å². The molecule has 0 unspecified atom stereocenters. The molecule has 8 nitrogen and oxygen atoms in total. The molecule has 188 valence electrons. The molecular formula is C25H31N3O5S2. The number of sulfonamides is 1. The van der Waals surface area contributed by atoms with Crippen LogP contribution in [-0.2, 0) is 16.6 Å². The first-order chi connectivity index (χ1) is 16.8. The van der Waals surface area contributed by atoms with Gasteiger partial charge in [0.25, 0.3) is 5.91 Å². The summed E-state index contributed by atoms with van der Waals surface area (Å²) < 4.78 is 41.4. The fourth-order valence-corrected chi connectivity index (χ4v) is 6.90. The molecule has 2 heterocycles. The largest absolute Gasteiger partial charge is 0.495 e. The molecule has 0 atom stereocenters. The van der Waals surface area contributed by atoms with Crippen LogP contribution in [0.1, 0.15) is 43.5 Å². The Bertz CT molecular complexity index is 1380. The van der Waals surface area contributed by atoms with E-state index >= 15 is 0 Å². The number of nitrogens with zero attached hydrogens (tertiary/aromatic N) is 3. The number of methoxy groups -OCH3 is 2. The van der Waals surface area contributed by atoms with Crippen LogP contribution in [0.5, 0.6) is 11.5 Å². The minimum atomic E-state index is -3.57. The van der Waals surface area contributed by atoms with Gasteiger partial charge in [-0.25, -0.2) is 8.42 Å². The number of carbonyl (C=O) groups excluding carboxylic acids is 1. The highest BCUT2D eigenvalue weighted by molar-refractivity contribution is 7.89. The summed E-state index contributed by atoms with van der Waals surface area (Å²) in [5, 5.41) is 0. The second-order valence-corrected chi connectivity index (χ2v) is 11.6. The van der Waals surface area contributed by atoms with E-state index in [0.717, 1.165) is 29.5 Å². The van der Waals surface area contributed by atoms with E-state index in [0.29, 0.717) is 47.4 Å². The van der Waals surface area contributed by atoms with Gasteiger partial charge in [-0.1, -0.05) is 25.2 Å². The normalized spacial score (nSPS) is 16.1. The topological polar surface area (TPSA) is 90.2 Å². The molecule has 35 heavy (non-hydrogen) atoms. The van der Waals surface area contributed by atoms with E-state index in [9.17, 15) is 13.2 Å². The predicted octanol–water partition coefficient (Wildman–Crippen LogP) is 4.29. The quantitative estimate of drug-likeness (QED) is 0.466. The molecule has 2 aromatic carbocycles. The number of amides is 1. The highest BCUT2D eigenvalue weighted by atomic mass is 32.2. The molecule has 3 aromatic rings. The number of piperidine rings is 1. The molecule has 0 bridgehead atoms. The van der Waals surface area contributed by atoms with Crippen LogP contribution >= 0.6 is 11.3 Å². The molecule has 1 saturated heterocycles. The first-order valence-corrected chi connectivity index (χ1v) is 14.0. The maximum Gasteiger partial charge on any atom is 0.279 e. The number of fused-ring (bicyclic) bond motifs is 1. The van der Waals surface area contributed by atoms with E-state index in [1.807, 2.05) is 16.7 Å². The van der Waals surface area contributed by atoms with Crippen molar-refractivity contribution >= 4 is 37.5 Å². The Hall–Kier alpha value is -2.69. The average molecular weight is 518 g/mol. The summed E-state index contributed by atoms with van der Waals surface area (Å²) in [7, 11) is -0.359. The van der Waals surface area contributed by atoms with E-state index in [4.69, 9.17) is 9.47 Å². The number of ether oxygens (including phenoxy) is 2. The van der Waals surface area contributed by atoms with Crippen molar-refractivity contribution in [3.63, 3.8) is 0 Å². The van der Waals surface area contributed by atoms with Gasteiger partial charge < -0.3 is 14.0 Å². The van der Waals surface area contributed by atoms with Crippen LogP contribution < -0.4 is 14.3 Å². The molecule has 1 aromatic heterocycles. The van der Waals surface area contributed by atoms with Gasteiger partial charge >= 0.3 is 0 Å². The van der Waals surface area contributed by atoms with E-state index < -0.39 is 15.9 Å². The second kappa shape index (κ2) is 10.5. The van der Waals surface area contributed by atoms with Crippen molar-refractivity contribution in [2.45, 2.75) is 44.6 Å². The highest BCUT2D eigenvalue weighted by Crippen LogP contribution is 2.35. The highest BCUT2D eigenvalue weighted by Gasteiger charge is 2.28. The maximum absolute atomic E-state index is 13.1. The van der Waals surface area contributed by atoms with Crippen LogP contribution in [0.15, 0.2) is 46.3 Å². The molecule has 0 N–H and O–H groups in total. The monoisotopic (exact) mass is 517 g/mol. The van der Waals surface area contributed by atoms with Crippen LogP contribution in [0.3, 0.4) is 0 Å². The zero-order valence-corrected chi connectivity index (χ0v) is 22.1. The van der Waals surface area contributed by atoms with Gasteiger partial charge in [0.1, 0.15) is 21.7 Å². The van der Waals surface area contributed by atoms with Gasteiger partial charge in [0.15, 0.2) is 4.80 Å². The van der Waals surface area contributed by atoms with Crippen molar-refractivity contribution in [3.05, 3.63) is 46.8 Å². The Kier molecular flexibility index (Phi) is 7.63. The molecule has 0 radical (unpaired) electrons. The Labute approximate surface area is 209 Å². The Morgan fingerprint density at radius 2 is 1.69 bits per heavy atom. The van der Waals surface area contributed by atoms with Gasteiger partial charge in [-0.05, 0) is 61.6 Å². The third-order valence-corrected chi connectivity index (χ3v) is 9.32. The van der Waals surface area contributed by atoms with Crippen LogP contribution in [0.2, 0.25) is 0 Å². The average Bonchev–Trinajstić information content (AvgIpc) is 3.22. The van der Waals surface area contributed by atoms with E-state index in [1.165, 1.54) is 39.9 Å². The summed E-state index contributed by atoms with van der Waals surface area (Å²) in [6.07, 6.45) is 2.56. The first-order valence-electron chi connectivity index (χ1n) is 11.7. The molecule has 0 saturated carbocycles. The summed E-state index contributed by atoms with van der Waals surface area (Å²) in [4.78, 5) is 18.2. The second-order valence-electron chi connectivity index (χ2n) is 8.71. The lowest BCUT2D eigenvalue weighted by Crippen LogP contribution is -2.37. The van der Waals surface area contributed by atoms with E-state index in [-0.39, 0.29) is 4.90 Å². The zero-order valence-electron chi connectivity index (χ0n) is 20.5. The van der Waals surface area contributed by atoms with E-state index in [2.05, 4.69) is 18.8 Å². The maximum atomic E-state index is 13.1. The fourth-order valence-electron chi connectivity index (χ4n) is 4.27. The number of aryl methyl sites for hydroxylation is 1. The Balaban J connectivity index is 1.69. The molecule has 1 fully saturated rings. The minimum Gasteiger partial charge on any atom is -0.495 e. The Morgan fingerprint density at radius 3 is 2.29 bits per heavy atom. The van der Waals surface area contributed by atoms with Gasteiger partial charge in [-0.2, -0.15) is 9.30 Å². The number of hydrogen-bond acceptors (Lipinski definition) is 6. The molecule has 10 heteroatoms. The van der Waals surface area contributed by atoms with Crippen molar-refractivity contribution in [1.29, 1.82) is 0 Å². The fraction of sp³-hybridized carbons (Fsp3) is 0.440. The molecule has 0 aliphatic carbocycles. The Morgan fingerprint density at radius 1 is 1.06 bits per heavy atom. The van der Waals surface area contributed by atoms with Gasteiger partial charge in [-0.3, -0.25) is 4.79 Å². The van der Waals surface area contributed by atoms with Gasteiger partial charge in [-0.15, -0.1) is 0 Å². The number of thiazole rings is 1. The molecule has 1 aliphatic rings. The van der Waals surface area contributed by atoms with Gasteiger partial charge in [0.2, 0.25) is 10.0 Å². The molecular weight excluding hydrogens is 486 g/mol. The van der Waals surface area contributed by atoms with Crippen molar-refractivity contribution in [3.8, 4) is 11.5 Å². The standard InChI is InChI=1S/C25H31N3O5S2/c1-5-14-28-22-20(32-3)10-11-21(33-4)23(22)34-25(28)26-24(29)18-6-8-19(9-7-18)35(30,31)27-15-12-17(2)13-16-27/h6-11,17H,5,12-16H2,1-4H3. The predicted molar refractivity (Wildman–Crippen MR) is 137 cm³/mol. The van der Waals surface area contributed by atoms with Crippen molar-refractivity contribution < 1.29 is 22.7 Å². The SMILES string of the molecule is CCCn1c(=NC(=O)c2ccc(S(=O)(=O)N3CCC(C)CC3)cc2)sc2c(OC)ccc(OC)c21. The summed E-state index contributed by atoms with van der Waals surface area (Å²) in [6, 6.07) is 9.73. The number of aromatic nitrogens is 1. The third kappa shape index (κ3) is 5.00. The third-order valence-electron chi connectivity index (χ3n) is 6.32. The van der Waals surface area contributed by atoms with Gasteiger partial charge in [0, 0.05) is 25.2 Å². The number of benzene rings is 2. The number of hydrogen-bond donors (Lipinski definition) is 0. The number of carbonyl (C=O) groups is 1. The summed E-state index contributed by atoms with van der Waals surface area (Å²) in [5.74, 6) is 1.47. The lowest BCUT2D eigenvalue weighted by molar-refractivity contribution is 0.0997. The van der Waals surface area contributed by atoms with Gasteiger partial charge in [0.05, 0.1) is 19.1 Å². The smallest absolute Gasteiger partial charge is 0.279 e. The summed E-state index contributed by atoms with van der Waals surface area (Å²) in [5.41, 5.74) is 1.16. The van der Waals surface area contributed by atoms with Crippen molar-refractivity contribution in [1.82, 2.24) is 8.87 Å². The minimum absolute atomic E-state index is 0.195. The molecule has 0 spiro atoms. The van der Waals surface area contributed by atoms with Crippen LogP contribution in [-0.4, -0.2) is 50.5 Å². The van der Waals surface area contributed by atoms with E-state index in [1.54, 1.807) is 14.2 Å². The van der Waals surface area contributed by atoms with Crippen molar-refractivity contribution in [2.75, 3.05) is 27.3 Å². The molecule has 1 aliphatic heterocycles. The first kappa shape index (κ1) is 25.4.